The molecule has 0 aliphatic carbocycles. The van der Waals surface area contributed by atoms with Gasteiger partial charge < -0.3 is 4.90 Å². The molecule has 1 aliphatic rings. The summed E-state index contributed by atoms with van der Waals surface area (Å²) in [6, 6.07) is 11.8. The van der Waals surface area contributed by atoms with Crippen LogP contribution >= 0.6 is 0 Å². The fourth-order valence-electron chi connectivity index (χ4n) is 3.99. The van der Waals surface area contributed by atoms with Crippen molar-refractivity contribution in [3.05, 3.63) is 53.6 Å². The zero-order chi connectivity index (χ0) is 21.0. The summed E-state index contributed by atoms with van der Waals surface area (Å²) >= 11 is 0. The third-order valence-corrected chi connectivity index (χ3v) is 5.73. The third kappa shape index (κ3) is 5.11. The minimum absolute atomic E-state index is 0.579. The second kappa shape index (κ2) is 9.04. The highest BCUT2D eigenvalue weighted by molar-refractivity contribution is 5.74. The number of halogens is 3. The van der Waals surface area contributed by atoms with Crippen LogP contribution in [0.15, 0.2) is 42.5 Å². The number of alkyl halides is 3. The van der Waals surface area contributed by atoms with Crippen LogP contribution in [0, 0.1) is 0 Å². The van der Waals surface area contributed by atoms with Crippen molar-refractivity contribution in [1.29, 1.82) is 0 Å². The van der Waals surface area contributed by atoms with Gasteiger partial charge in [-0.3, -0.25) is 4.90 Å². The molecule has 1 saturated heterocycles. The van der Waals surface area contributed by atoms with E-state index in [1.807, 2.05) is 11.0 Å². The van der Waals surface area contributed by atoms with Crippen LogP contribution in [0.3, 0.4) is 0 Å². The fourth-order valence-corrected chi connectivity index (χ4v) is 3.99. The number of H-pyrrole nitrogens is 1. The van der Waals surface area contributed by atoms with Gasteiger partial charge in [0.15, 0.2) is 0 Å². The van der Waals surface area contributed by atoms with Gasteiger partial charge in [-0.2, -0.15) is 28.6 Å². The van der Waals surface area contributed by atoms with Gasteiger partial charge in [-0.15, -0.1) is 0 Å². The number of benzene rings is 2. The zero-order valence-electron chi connectivity index (χ0n) is 16.8. The molecule has 1 aromatic heterocycles. The fraction of sp³-hybridized carbons (Fsp3) is 0.455. The molecule has 160 valence electrons. The van der Waals surface area contributed by atoms with Crippen molar-refractivity contribution in [2.45, 2.75) is 31.9 Å². The average Bonchev–Trinajstić information content (AvgIpc) is 3.21. The number of nitrogens with zero attached hydrogens (tertiary/aromatic N) is 4. The number of unbranched alkanes of at least 4 members (excludes halogenated alkanes) is 2. The van der Waals surface area contributed by atoms with E-state index in [9.17, 15) is 13.2 Å². The molecule has 0 unspecified atom stereocenters. The maximum absolute atomic E-state index is 12.9. The standard InChI is InChI=1S/C22H26F3N5/c23-22(24,25)18-6-4-7-19(16-18)30-13-11-29(12-14-30)10-3-1-2-5-17-8-9-20-21(15-17)27-28-26-20/h4,6-9,15-16H,1-3,5,10-14H2,(H,26,27,28). The highest BCUT2D eigenvalue weighted by Gasteiger charge is 2.31. The lowest BCUT2D eigenvalue weighted by Crippen LogP contribution is -2.46. The van der Waals surface area contributed by atoms with Gasteiger partial charge in [0, 0.05) is 31.9 Å². The largest absolute Gasteiger partial charge is 0.416 e. The minimum Gasteiger partial charge on any atom is -0.369 e. The number of hydrogen-bond acceptors (Lipinski definition) is 4. The van der Waals surface area contributed by atoms with E-state index in [-0.39, 0.29) is 0 Å². The first-order valence-electron chi connectivity index (χ1n) is 10.4. The SMILES string of the molecule is FC(F)(F)c1cccc(N2CCN(CCCCCc3ccc4n[nH]nc4c3)CC2)c1. The summed E-state index contributed by atoms with van der Waals surface area (Å²) in [5, 5.41) is 10.8. The molecule has 0 atom stereocenters. The van der Waals surface area contributed by atoms with Crippen molar-refractivity contribution >= 4 is 16.7 Å². The van der Waals surface area contributed by atoms with Crippen molar-refractivity contribution in [3.63, 3.8) is 0 Å². The van der Waals surface area contributed by atoms with E-state index in [1.165, 1.54) is 17.7 Å². The average molecular weight is 417 g/mol. The quantitative estimate of drug-likeness (QED) is 0.575. The summed E-state index contributed by atoms with van der Waals surface area (Å²) in [5.74, 6) is 0. The number of fused-ring (bicyclic) bond motifs is 1. The van der Waals surface area contributed by atoms with Gasteiger partial charge in [-0.05, 0) is 61.7 Å². The number of aryl methyl sites for hydroxylation is 1. The molecule has 2 heterocycles. The van der Waals surface area contributed by atoms with Gasteiger partial charge in [0.2, 0.25) is 0 Å². The maximum atomic E-state index is 12.9. The predicted octanol–water partition coefficient (Wildman–Crippen LogP) is 4.51. The molecule has 3 aromatic rings. The first kappa shape index (κ1) is 20.7. The molecule has 30 heavy (non-hydrogen) atoms. The van der Waals surface area contributed by atoms with Crippen LogP contribution in [0.25, 0.3) is 11.0 Å². The smallest absolute Gasteiger partial charge is 0.369 e. The Hall–Kier alpha value is -2.61. The van der Waals surface area contributed by atoms with Crippen LogP contribution in [-0.2, 0) is 12.6 Å². The monoisotopic (exact) mass is 417 g/mol. The van der Waals surface area contributed by atoms with Crippen molar-refractivity contribution in [2.24, 2.45) is 0 Å². The molecule has 0 amide bonds. The molecular formula is C22H26F3N5. The Bertz CT molecular complexity index is 961. The van der Waals surface area contributed by atoms with Gasteiger partial charge in [0.1, 0.15) is 11.0 Å². The molecule has 0 spiro atoms. The van der Waals surface area contributed by atoms with E-state index in [0.717, 1.165) is 75.5 Å². The molecule has 1 aliphatic heterocycles. The minimum atomic E-state index is -4.29. The lowest BCUT2D eigenvalue weighted by atomic mass is 10.1. The lowest BCUT2D eigenvalue weighted by Gasteiger charge is -2.36. The van der Waals surface area contributed by atoms with E-state index in [0.29, 0.717) is 5.69 Å². The summed E-state index contributed by atoms with van der Waals surface area (Å²) in [6.07, 6.45) is 0.165. The molecule has 1 fully saturated rings. The van der Waals surface area contributed by atoms with Gasteiger partial charge in [0.25, 0.3) is 0 Å². The highest BCUT2D eigenvalue weighted by Crippen LogP contribution is 2.31. The molecule has 1 N–H and O–H groups in total. The van der Waals surface area contributed by atoms with Gasteiger partial charge in [-0.25, -0.2) is 0 Å². The lowest BCUT2D eigenvalue weighted by molar-refractivity contribution is -0.137. The second-order valence-corrected chi connectivity index (χ2v) is 7.83. The number of anilines is 1. The van der Waals surface area contributed by atoms with Crippen molar-refractivity contribution in [1.82, 2.24) is 20.3 Å². The first-order valence-corrected chi connectivity index (χ1v) is 10.4. The zero-order valence-corrected chi connectivity index (χ0v) is 16.8. The molecule has 0 saturated carbocycles. The van der Waals surface area contributed by atoms with E-state index in [2.05, 4.69) is 32.4 Å². The molecule has 4 rings (SSSR count). The Balaban J connectivity index is 1.16. The predicted molar refractivity (Wildman–Crippen MR) is 112 cm³/mol. The molecule has 8 heteroatoms. The Morgan fingerprint density at radius 1 is 0.867 bits per heavy atom. The number of rotatable bonds is 7. The third-order valence-electron chi connectivity index (χ3n) is 5.73. The van der Waals surface area contributed by atoms with Crippen LogP contribution in [-0.4, -0.2) is 53.0 Å². The molecule has 2 aromatic carbocycles. The Kier molecular flexibility index (Phi) is 6.22. The van der Waals surface area contributed by atoms with Crippen LogP contribution in [0.2, 0.25) is 0 Å². The topological polar surface area (TPSA) is 48.0 Å². The van der Waals surface area contributed by atoms with E-state index in [4.69, 9.17) is 0 Å². The second-order valence-electron chi connectivity index (χ2n) is 7.83. The van der Waals surface area contributed by atoms with Crippen LogP contribution in [0.1, 0.15) is 30.4 Å². The number of piperazine rings is 1. The van der Waals surface area contributed by atoms with Crippen molar-refractivity contribution in [2.75, 3.05) is 37.6 Å². The summed E-state index contributed by atoms with van der Waals surface area (Å²) in [5.41, 5.74) is 3.17. The highest BCUT2D eigenvalue weighted by atomic mass is 19.4. The Morgan fingerprint density at radius 2 is 1.67 bits per heavy atom. The summed E-state index contributed by atoms with van der Waals surface area (Å²) < 4.78 is 38.8. The summed E-state index contributed by atoms with van der Waals surface area (Å²) in [6.45, 7) is 4.34. The van der Waals surface area contributed by atoms with Crippen LogP contribution in [0.4, 0.5) is 18.9 Å². The number of aromatic amines is 1. The molecule has 0 bridgehead atoms. The normalized spacial score (nSPS) is 15.8. The summed E-state index contributed by atoms with van der Waals surface area (Å²) in [7, 11) is 0. The molecular weight excluding hydrogens is 391 g/mol. The van der Waals surface area contributed by atoms with Crippen LogP contribution < -0.4 is 4.90 Å². The summed E-state index contributed by atoms with van der Waals surface area (Å²) in [4.78, 5) is 4.46. The first-order chi connectivity index (χ1) is 14.5. The number of aromatic nitrogens is 3. The molecule has 5 nitrogen and oxygen atoms in total. The van der Waals surface area contributed by atoms with Gasteiger partial charge >= 0.3 is 6.18 Å². The van der Waals surface area contributed by atoms with E-state index >= 15 is 0 Å². The Morgan fingerprint density at radius 3 is 2.47 bits per heavy atom. The Labute approximate surface area is 173 Å². The number of nitrogens with one attached hydrogen (secondary N) is 1. The van der Waals surface area contributed by atoms with Crippen LogP contribution in [0.5, 0.6) is 0 Å². The van der Waals surface area contributed by atoms with E-state index < -0.39 is 11.7 Å². The van der Waals surface area contributed by atoms with Gasteiger partial charge in [-0.1, -0.05) is 18.6 Å². The molecule has 0 radical (unpaired) electrons. The van der Waals surface area contributed by atoms with Crippen molar-refractivity contribution in [3.8, 4) is 0 Å². The van der Waals surface area contributed by atoms with E-state index in [1.54, 1.807) is 6.07 Å². The number of hydrogen-bond donors (Lipinski definition) is 1. The maximum Gasteiger partial charge on any atom is 0.416 e. The van der Waals surface area contributed by atoms with Gasteiger partial charge in [0.05, 0.1) is 5.56 Å². The van der Waals surface area contributed by atoms with Crippen molar-refractivity contribution < 1.29 is 13.2 Å².